The monoisotopic (exact) mass is 772 g/mol. The summed E-state index contributed by atoms with van der Waals surface area (Å²) in [5.41, 5.74) is 1.61. The number of thiazole rings is 1. The number of carbonyl (C=O) groups is 4. The van der Waals surface area contributed by atoms with Crippen molar-refractivity contribution in [2.24, 2.45) is 11.8 Å². The summed E-state index contributed by atoms with van der Waals surface area (Å²) in [5, 5.41) is 22.8. The number of aryl methyl sites for hydroxylation is 1. The number of nitrogens with zero attached hydrogens (tertiary/aromatic N) is 3. The smallest absolute Gasteiger partial charge is 0.408 e. The van der Waals surface area contributed by atoms with Crippen LogP contribution in [0.3, 0.4) is 0 Å². The largest absolute Gasteiger partial charge is 0.488 e. The quantitative estimate of drug-likeness (QED) is 0.183. The number of hydrogen-bond acceptors (Lipinski definition) is 10. The highest BCUT2D eigenvalue weighted by atomic mass is 32.1. The van der Waals surface area contributed by atoms with E-state index in [4.69, 9.17) is 19.4 Å². The van der Waals surface area contributed by atoms with Gasteiger partial charge in [-0.05, 0) is 102 Å². The fourth-order valence-electron chi connectivity index (χ4n) is 8.09. The van der Waals surface area contributed by atoms with E-state index in [1.54, 1.807) is 0 Å². The second-order valence-corrected chi connectivity index (χ2v) is 17.0. The van der Waals surface area contributed by atoms with Gasteiger partial charge in [-0.2, -0.15) is 0 Å². The number of hydrogen-bond donors (Lipinski definition) is 4. The predicted molar refractivity (Wildman–Crippen MR) is 210 cm³/mol. The standard InChI is InChI=1S/C41H52N6O7S/c1-23(2)42-39-44-33(22-55-39)32-19-35(29-15-13-25(4)17-31(29)43-32)53-28-18-34-36(48)46-41(38(50)51)20-26(41)10-6-5-9-24(3)14-16-30(37(49)47(34)21-28)45-40(52)54-27-11-7-8-12-27/h6,10,13,15,17,19,22-24,26-28,30,34H,5,7-9,11-12,14,16,18,20-21H2,1-4H3,(H,42,44)(H,45,52)(H,46,48)(H,50,51)/b10-6-/t24?,26-,28-,30+,34+,41-/m1/s1. The van der Waals surface area contributed by atoms with E-state index in [1.807, 2.05) is 62.6 Å². The summed E-state index contributed by atoms with van der Waals surface area (Å²) >= 11 is 1.49. The number of nitrogens with one attached hydrogen (secondary N) is 3. The molecule has 4 aliphatic rings. The molecule has 3 amide bonds. The number of rotatable bonds is 8. The molecule has 2 aliphatic heterocycles. The van der Waals surface area contributed by atoms with Gasteiger partial charge in [0, 0.05) is 35.2 Å². The lowest BCUT2D eigenvalue weighted by Gasteiger charge is -2.30. The molecule has 3 fully saturated rings. The lowest BCUT2D eigenvalue weighted by Crippen LogP contribution is -2.56. The van der Waals surface area contributed by atoms with Crippen LogP contribution in [0, 0.1) is 18.8 Å². The first-order valence-corrected chi connectivity index (χ1v) is 20.6. The van der Waals surface area contributed by atoms with Crippen molar-refractivity contribution in [1.82, 2.24) is 25.5 Å². The first-order chi connectivity index (χ1) is 26.4. The highest BCUT2D eigenvalue weighted by Gasteiger charge is 2.61. The number of aromatic nitrogens is 2. The Morgan fingerprint density at radius 1 is 1.05 bits per heavy atom. The van der Waals surface area contributed by atoms with Gasteiger partial charge in [0.15, 0.2) is 5.13 Å². The van der Waals surface area contributed by atoms with E-state index in [0.29, 0.717) is 30.0 Å². The van der Waals surface area contributed by atoms with E-state index in [2.05, 4.69) is 22.9 Å². The first-order valence-electron chi connectivity index (χ1n) is 19.7. The first kappa shape index (κ1) is 38.6. The molecule has 13 nitrogen and oxygen atoms in total. The maximum atomic E-state index is 14.6. The van der Waals surface area contributed by atoms with Crippen LogP contribution in [0.25, 0.3) is 22.3 Å². The second-order valence-electron chi connectivity index (χ2n) is 16.1. The van der Waals surface area contributed by atoms with Crippen LogP contribution in [-0.4, -0.2) is 86.3 Å². The SMILES string of the molecule is Cc1ccc2c(O[C@@H]3C[C@H]4C(=O)N[C@]5(C(=O)O)C[C@H]5/C=C\CCC(C)CC[C@H](NC(=O)OC5CCCC5)C(=O)N4C3)cc(-c3csc(NC(C)C)n3)nc2c1. The predicted octanol–water partition coefficient (Wildman–Crippen LogP) is 6.60. The van der Waals surface area contributed by atoms with Gasteiger partial charge < -0.3 is 35.4 Å². The highest BCUT2D eigenvalue weighted by Crippen LogP contribution is 2.45. The summed E-state index contributed by atoms with van der Waals surface area (Å²) in [5.74, 6) is -1.67. The molecule has 1 aromatic carbocycles. The van der Waals surface area contributed by atoms with E-state index in [9.17, 15) is 24.3 Å². The number of amides is 3. The summed E-state index contributed by atoms with van der Waals surface area (Å²) in [6.07, 6.45) is 8.99. The Hall–Kier alpha value is -4.72. The molecule has 2 aromatic heterocycles. The number of allylic oxidation sites excluding steroid dienone is 1. The zero-order valence-corrected chi connectivity index (χ0v) is 32.8. The van der Waals surface area contributed by atoms with Gasteiger partial charge in [-0.25, -0.2) is 19.6 Å². The fourth-order valence-corrected chi connectivity index (χ4v) is 8.94. The van der Waals surface area contributed by atoms with Crippen LogP contribution >= 0.6 is 11.3 Å². The molecule has 2 saturated carbocycles. The number of alkyl carbamates (subject to hydrolysis) is 1. The summed E-state index contributed by atoms with van der Waals surface area (Å²) in [6, 6.07) is 5.99. The van der Waals surface area contributed by atoms with E-state index < -0.39 is 47.6 Å². The molecule has 4 heterocycles. The van der Waals surface area contributed by atoms with Crippen LogP contribution in [-0.2, 0) is 19.1 Å². The maximum Gasteiger partial charge on any atom is 0.408 e. The Morgan fingerprint density at radius 2 is 1.85 bits per heavy atom. The molecule has 1 saturated heterocycles. The number of carboxylic acids is 1. The van der Waals surface area contributed by atoms with E-state index in [0.717, 1.165) is 60.1 Å². The van der Waals surface area contributed by atoms with Crippen LogP contribution in [0.2, 0.25) is 0 Å². The van der Waals surface area contributed by atoms with E-state index >= 15 is 0 Å². The van der Waals surface area contributed by atoms with Crippen molar-refractivity contribution >= 4 is 51.2 Å². The minimum Gasteiger partial charge on any atom is -0.488 e. The summed E-state index contributed by atoms with van der Waals surface area (Å²) in [7, 11) is 0. The topological polar surface area (TPSA) is 172 Å². The van der Waals surface area contributed by atoms with Crippen LogP contribution in [0.4, 0.5) is 9.93 Å². The number of pyridine rings is 1. The van der Waals surface area contributed by atoms with Gasteiger partial charge in [0.05, 0.1) is 17.8 Å². The summed E-state index contributed by atoms with van der Waals surface area (Å²) < 4.78 is 12.4. The van der Waals surface area contributed by atoms with Gasteiger partial charge in [-0.1, -0.05) is 25.1 Å². The molecular formula is C41H52N6O7S. The molecule has 7 rings (SSSR count). The Kier molecular flexibility index (Phi) is 11.3. The zero-order valence-electron chi connectivity index (χ0n) is 32.0. The van der Waals surface area contributed by atoms with Crippen molar-refractivity contribution in [3.05, 3.63) is 47.4 Å². The maximum absolute atomic E-state index is 14.6. The van der Waals surface area contributed by atoms with E-state index in [-0.39, 0.29) is 43.4 Å². The number of ether oxygens (including phenoxy) is 2. The van der Waals surface area contributed by atoms with Crippen molar-refractivity contribution < 1.29 is 33.8 Å². The Morgan fingerprint density at radius 3 is 2.62 bits per heavy atom. The summed E-state index contributed by atoms with van der Waals surface area (Å²) in [6.45, 7) is 8.25. The molecule has 3 aromatic rings. The number of fused-ring (bicyclic) bond motifs is 3. The van der Waals surface area contributed by atoms with Gasteiger partial charge in [0.2, 0.25) is 11.8 Å². The molecule has 1 unspecified atom stereocenters. The minimum atomic E-state index is -1.44. The third-order valence-electron chi connectivity index (χ3n) is 11.3. The van der Waals surface area contributed by atoms with E-state index in [1.165, 1.54) is 16.2 Å². The second kappa shape index (κ2) is 16.2. The Bertz CT molecular complexity index is 1960. The molecule has 0 radical (unpaired) electrons. The molecule has 6 atom stereocenters. The average molecular weight is 773 g/mol. The number of aliphatic carboxylic acids is 1. The molecule has 0 spiro atoms. The zero-order chi connectivity index (χ0) is 38.9. The van der Waals surface area contributed by atoms with Gasteiger partial charge in [0.1, 0.15) is 41.3 Å². The highest BCUT2D eigenvalue weighted by molar-refractivity contribution is 7.14. The van der Waals surface area contributed by atoms with Crippen molar-refractivity contribution in [1.29, 1.82) is 0 Å². The summed E-state index contributed by atoms with van der Waals surface area (Å²) in [4.78, 5) is 65.8. The molecule has 55 heavy (non-hydrogen) atoms. The molecule has 294 valence electrons. The van der Waals surface area contributed by atoms with Crippen LogP contribution < -0.4 is 20.7 Å². The third-order valence-corrected chi connectivity index (χ3v) is 12.1. The fraction of sp³-hybridized carbons (Fsp3) is 0.561. The number of carbonyl (C=O) groups excluding carboxylic acids is 3. The normalized spacial score (nSPS) is 28.1. The molecule has 2 aliphatic carbocycles. The van der Waals surface area contributed by atoms with Crippen molar-refractivity contribution in [2.45, 2.75) is 128 Å². The number of anilines is 1. The number of carboxylic acid groups (broad SMARTS) is 1. The Labute approximate surface area is 325 Å². The van der Waals surface area contributed by atoms with Crippen LogP contribution in [0.15, 0.2) is 41.8 Å². The molecular weight excluding hydrogens is 721 g/mol. The minimum absolute atomic E-state index is 0.0515. The lowest BCUT2D eigenvalue weighted by molar-refractivity contribution is -0.145. The molecule has 0 bridgehead atoms. The number of benzene rings is 1. The van der Waals surface area contributed by atoms with Crippen LogP contribution in [0.1, 0.15) is 90.5 Å². The van der Waals surface area contributed by atoms with Crippen molar-refractivity contribution in [3.8, 4) is 17.1 Å². The van der Waals surface area contributed by atoms with Gasteiger partial charge >= 0.3 is 12.1 Å². The van der Waals surface area contributed by atoms with Gasteiger partial charge in [-0.3, -0.25) is 9.59 Å². The van der Waals surface area contributed by atoms with Gasteiger partial charge in [0.25, 0.3) is 0 Å². The third kappa shape index (κ3) is 8.74. The van der Waals surface area contributed by atoms with Crippen LogP contribution in [0.5, 0.6) is 5.75 Å². The van der Waals surface area contributed by atoms with Gasteiger partial charge in [-0.15, -0.1) is 11.3 Å². The van der Waals surface area contributed by atoms with Crippen molar-refractivity contribution in [2.75, 3.05) is 11.9 Å². The Balaban J connectivity index is 1.20. The molecule has 4 N–H and O–H groups in total. The molecule has 14 heteroatoms. The van der Waals surface area contributed by atoms with Crippen molar-refractivity contribution in [3.63, 3.8) is 0 Å². The lowest BCUT2D eigenvalue weighted by atomic mass is 9.96. The average Bonchev–Trinajstić information content (AvgIpc) is 3.56.